The standard InChI is InChI=1S/C24H26N4O6/c1-5-27-13-19(22(26-27)24(30)34-15(2)3)25-23(29)18-8-6-7-17(12-18)14-33-21-10-9-16(4)11-20(21)28(31)32/h6-13,15H,5,14H2,1-4H3,(H,25,29). The number of nitro groups is 1. The summed E-state index contributed by atoms with van der Waals surface area (Å²) in [7, 11) is 0. The van der Waals surface area contributed by atoms with Gasteiger partial charge in [0, 0.05) is 24.4 Å². The normalized spacial score (nSPS) is 10.7. The Balaban J connectivity index is 1.76. The number of ether oxygens (including phenoxy) is 2. The quantitative estimate of drug-likeness (QED) is 0.279. The number of benzene rings is 2. The molecule has 10 heteroatoms. The fourth-order valence-corrected chi connectivity index (χ4v) is 3.15. The van der Waals surface area contributed by atoms with E-state index < -0.39 is 16.8 Å². The van der Waals surface area contributed by atoms with Crippen molar-refractivity contribution in [1.82, 2.24) is 9.78 Å². The highest BCUT2D eigenvalue weighted by molar-refractivity contribution is 6.07. The van der Waals surface area contributed by atoms with Gasteiger partial charge in [0.05, 0.1) is 16.7 Å². The smallest absolute Gasteiger partial charge is 0.361 e. The Labute approximate surface area is 196 Å². The Morgan fingerprint density at radius 1 is 1.21 bits per heavy atom. The molecule has 2 aromatic carbocycles. The van der Waals surface area contributed by atoms with Crippen molar-refractivity contribution in [2.24, 2.45) is 0 Å². The Morgan fingerprint density at radius 3 is 2.65 bits per heavy atom. The van der Waals surface area contributed by atoms with E-state index in [1.165, 1.54) is 10.7 Å². The molecule has 3 aromatic rings. The fourth-order valence-electron chi connectivity index (χ4n) is 3.15. The van der Waals surface area contributed by atoms with Crippen LogP contribution in [0.5, 0.6) is 5.75 Å². The number of nitrogens with zero attached hydrogens (tertiary/aromatic N) is 3. The predicted octanol–water partition coefficient (Wildman–Crippen LogP) is 4.52. The summed E-state index contributed by atoms with van der Waals surface area (Å²) >= 11 is 0. The average molecular weight is 466 g/mol. The van der Waals surface area contributed by atoms with E-state index in [0.29, 0.717) is 17.7 Å². The van der Waals surface area contributed by atoms with Crippen LogP contribution in [0.2, 0.25) is 0 Å². The number of nitro benzene ring substituents is 1. The van der Waals surface area contributed by atoms with Crippen LogP contribution in [0.1, 0.15) is 52.7 Å². The van der Waals surface area contributed by atoms with Gasteiger partial charge in [-0.3, -0.25) is 19.6 Å². The lowest BCUT2D eigenvalue weighted by molar-refractivity contribution is -0.386. The second-order valence-electron chi connectivity index (χ2n) is 7.87. The van der Waals surface area contributed by atoms with Gasteiger partial charge in [0.15, 0.2) is 11.4 Å². The van der Waals surface area contributed by atoms with Gasteiger partial charge in [-0.1, -0.05) is 18.2 Å². The lowest BCUT2D eigenvalue weighted by Gasteiger charge is -2.10. The van der Waals surface area contributed by atoms with E-state index in [1.807, 2.05) is 6.92 Å². The summed E-state index contributed by atoms with van der Waals surface area (Å²) in [5, 5.41) is 18.2. The van der Waals surface area contributed by atoms with Crippen LogP contribution in [0.3, 0.4) is 0 Å². The zero-order valence-electron chi connectivity index (χ0n) is 19.4. The third kappa shape index (κ3) is 5.97. The van der Waals surface area contributed by atoms with Gasteiger partial charge >= 0.3 is 11.7 Å². The average Bonchev–Trinajstić information content (AvgIpc) is 3.21. The zero-order valence-corrected chi connectivity index (χ0v) is 19.4. The molecule has 178 valence electrons. The molecule has 3 rings (SSSR count). The number of nitrogens with one attached hydrogen (secondary N) is 1. The summed E-state index contributed by atoms with van der Waals surface area (Å²) in [6.07, 6.45) is 1.24. The minimum Gasteiger partial charge on any atom is -0.482 e. The molecule has 10 nitrogen and oxygen atoms in total. The Kier molecular flexibility index (Phi) is 7.62. The number of hydrogen-bond acceptors (Lipinski definition) is 7. The Bertz CT molecular complexity index is 1220. The zero-order chi connectivity index (χ0) is 24.8. The molecule has 1 heterocycles. The number of carbonyl (C=O) groups is 2. The number of anilines is 1. The SMILES string of the molecule is CCn1cc(NC(=O)c2cccc(COc3ccc(C)cc3[N+](=O)[O-])c2)c(C(=O)OC(C)C)n1. The Morgan fingerprint density at radius 2 is 1.97 bits per heavy atom. The van der Waals surface area contributed by atoms with Crippen LogP contribution in [0.25, 0.3) is 0 Å². The van der Waals surface area contributed by atoms with E-state index >= 15 is 0 Å². The molecule has 0 aliphatic heterocycles. The van der Waals surface area contributed by atoms with Crippen molar-refractivity contribution in [3.05, 3.63) is 81.2 Å². The van der Waals surface area contributed by atoms with Crippen molar-refractivity contribution >= 4 is 23.3 Å². The van der Waals surface area contributed by atoms with Crippen LogP contribution >= 0.6 is 0 Å². The van der Waals surface area contributed by atoms with Gasteiger partial charge in [-0.2, -0.15) is 5.10 Å². The maximum atomic E-state index is 12.9. The van der Waals surface area contributed by atoms with Crippen molar-refractivity contribution in [2.75, 3.05) is 5.32 Å². The van der Waals surface area contributed by atoms with Gasteiger partial charge in [0.25, 0.3) is 5.91 Å². The van der Waals surface area contributed by atoms with Gasteiger partial charge in [-0.05, 0) is 57.0 Å². The lowest BCUT2D eigenvalue weighted by Crippen LogP contribution is -2.17. The second kappa shape index (κ2) is 10.6. The molecule has 0 unspecified atom stereocenters. The number of carbonyl (C=O) groups excluding carboxylic acids is 2. The van der Waals surface area contributed by atoms with E-state index in [1.54, 1.807) is 63.4 Å². The maximum absolute atomic E-state index is 12.9. The van der Waals surface area contributed by atoms with Crippen LogP contribution in [-0.2, 0) is 17.9 Å². The molecule has 34 heavy (non-hydrogen) atoms. The maximum Gasteiger partial charge on any atom is 0.361 e. The Hall–Kier alpha value is -4.21. The molecule has 1 amide bonds. The number of esters is 1. The molecule has 0 fully saturated rings. The van der Waals surface area contributed by atoms with Crippen molar-refractivity contribution < 1.29 is 24.0 Å². The highest BCUT2D eigenvalue weighted by Gasteiger charge is 2.21. The number of amides is 1. The van der Waals surface area contributed by atoms with Gasteiger partial charge in [-0.25, -0.2) is 4.79 Å². The fraction of sp³-hybridized carbons (Fsp3) is 0.292. The molecule has 0 radical (unpaired) electrons. The minimum atomic E-state index is -0.626. The van der Waals surface area contributed by atoms with E-state index in [2.05, 4.69) is 10.4 Å². The summed E-state index contributed by atoms with van der Waals surface area (Å²) in [6, 6.07) is 11.4. The highest BCUT2D eigenvalue weighted by atomic mass is 16.6. The molecular weight excluding hydrogens is 440 g/mol. The van der Waals surface area contributed by atoms with Gasteiger partial charge in [0.2, 0.25) is 0 Å². The van der Waals surface area contributed by atoms with Gasteiger partial charge < -0.3 is 14.8 Å². The lowest BCUT2D eigenvalue weighted by atomic mass is 10.1. The van der Waals surface area contributed by atoms with E-state index in [4.69, 9.17) is 9.47 Å². The molecular formula is C24H26N4O6. The molecule has 1 N–H and O–H groups in total. The third-order valence-electron chi connectivity index (χ3n) is 4.76. The molecule has 0 saturated heterocycles. The molecule has 0 aliphatic rings. The summed E-state index contributed by atoms with van der Waals surface area (Å²) in [5.41, 5.74) is 1.87. The highest BCUT2D eigenvalue weighted by Crippen LogP contribution is 2.28. The molecule has 0 saturated carbocycles. The molecule has 0 spiro atoms. The van der Waals surface area contributed by atoms with E-state index in [9.17, 15) is 19.7 Å². The van der Waals surface area contributed by atoms with Crippen molar-refractivity contribution in [2.45, 2.75) is 47.0 Å². The van der Waals surface area contributed by atoms with E-state index in [-0.39, 0.29) is 35.5 Å². The van der Waals surface area contributed by atoms with Crippen LogP contribution < -0.4 is 10.1 Å². The largest absolute Gasteiger partial charge is 0.482 e. The number of hydrogen-bond donors (Lipinski definition) is 1. The first-order valence-electron chi connectivity index (χ1n) is 10.7. The third-order valence-corrected chi connectivity index (χ3v) is 4.76. The summed E-state index contributed by atoms with van der Waals surface area (Å²) in [4.78, 5) is 36.1. The van der Waals surface area contributed by atoms with Gasteiger partial charge in [0.1, 0.15) is 6.61 Å². The first-order valence-corrected chi connectivity index (χ1v) is 10.7. The van der Waals surface area contributed by atoms with Crippen LogP contribution in [0.4, 0.5) is 11.4 Å². The molecule has 0 atom stereocenters. The first kappa shape index (κ1) is 24.4. The van der Waals surface area contributed by atoms with Crippen LogP contribution in [-0.4, -0.2) is 32.7 Å². The van der Waals surface area contributed by atoms with Gasteiger partial charge in [-0.15, -0.1) is 0 Å². The summed E-state index contributed by atoms with van der Waals surface area (Å²) < 4.78 is 12.4. The number of aromatic nitrogens is 2. The second-order valence-corrected chi connectivity index (χ2v) is 7.87. The molecule has 0 aliphatic carbocycles. The summed E-state index contributed by atoms with van der Waals surface area (Å²) in [6.45, 7) is 7.62. The minimum absolute atomic E-state index is 0.0232. The van der Waals surface area contributed by atoms with Crippen LogP contribution in [0.15, 0.2) is 48.7 Å². The summed E-state index contributed by atoms with van der Waals surface area (Å²) in [5.74, 6) is -0.928. The first-order chi connectivity index (χ1) is 16.2. The topological polar surface area (TPSA) is 126 Å². The van der Waals surface area contributed by atoms with Crippen molar-refractivity contribution in [3.8, 4) is 5.75 Å². The van der Waals surface area contributed by atoms with Crippen LogP contribution in [0, 0.1) is 17.0 Å². The van der Waals surface area contributed by atoms with E-state index in [0.717, 1.165) is 5.56 Å². The van der Waals surface area contributed by atoms with Crippen molar-refractivity contribution in [1.29, 1.82) is 0 Å². The number of aryl methyl sites for hydroxylation is 2. The predicted molar refractivity (Wildman–Crippen MR) is 125 cm³/mol. The molecule has 1 aromatic heterocycles. The number of rotatable bonds is 9. The monoisotopic (exact) mass is 466 g/mol. The molecule has 0 bridgehead atoms. The van der Waals surface area contributed by atoms with Crippen molar-refractivity contribution in [3.63, 3.8) is 0 Å².